The van der Waals surface area contributed by atoms with Crippen molar-refractivity contribution in [3.63, 3.8) is 0 Å². The molecule has 0 atom stereocenters. The van der Waals surface area contributed by atoms with Crippen molar-refractivity contribution in [3.05, 3.63) is 106 Å². The standard InChI is InChI=1S/C29H28N2O3S/c1-5-6-23-15-22(16-25(33-4)27(23)34-18-21-11-7-19(2)8-12-21)17-26-28(32)31-29(35-26)30-24-13-9-20(3)10-14-24/h5,7-17H,1,6,18H2,2-4H3,(H,30,31,32)/b26-17+. The monoisotopic (exact) mass is 484 g/mol. The fourth-order valence-electron chi connectivity index (χ4n) is 3.60. The molecule has 3 aromatic rings. The third-order valence-electron chi connectivity index (χ3n) is 5.46. The molecule has 178 valence electrons. The molecule has 3 aromatic carbocycles. The number of nitrogens with one attached hydrogen (secondary N) is 1. The average molecular weight is 485 g/mol. The zero-order valence-corrected chi connectivity index (χ0v) is 20.9. The van der Waals surface area contributed by atoms with Gasteiger partial charge in [0, 0.05) is 5.56 Å². The SMILES string of the molecule is C=CCc1cc(/C=C2/SC(=Nc3ccc(C)cc3)NC2=O)cc(OC)c1OCc1ccc(C)cc1. The van der Waals surface area contributed by atoms with Crippen LogP contribution in [0.2, 0.25) is 0 Å². The topological polar surface area (TPSA) is 59.9 Å². The van der Waals surface area contributed by atoms with Crippen LogP contribution in [0.3, 0.4) is 0 Å². The summed E-state index contributed by atoms with van der Waals surface area (Å²) in [5, 5.41) is 3.40. The molecule has 1 fully saturated rings. The van der Waals surface area contributed by atoms with Crippen LogP contribution in [-0.2, 0) is 17.8 Å². The van der Waals surface area contributed by atoms with Crippen LogP contribution in [-0.4, -0.2) is 18.2 Å². The third kappa shape index (κ3) is 6.22. The van der Waals surface area contributed by atoms with Crippen LogP contribution in [0, 0.1) is 13.8 Å². The fraction of sp³-hybridized carbons (Fsp3) is 0.172. The number of rotatable bonds is 8. The van der Waals surface area contributed by atoms with E-state index in [0.29, 0.717) is 34.6 Å². The minimum atomic E-state index is -0.176. The number of hydrogen-bond acceptors (Lipinski definition) is 5. The molecule has 1 N–H and O–H groups in total. The van der Waals surface area contributed by atoms with E-state index in [-0.39, 0.29) is 5.91 Å². The van der Waals surface area contributed by atoms with Gasteiger partial charge in [-0.25, -0.2) is 4.99 Å². The molecule has 6 heteroatoms. The summed E-state index contributed by atoms with van der Waals surface area (Å²) in [6.45, 7) is 8.40. The first-order valence-electron chi connectivity index (χ1n) is 11.3. The Morgan fingerprint density at radius 3 is 2.37 bits per heavy atom. The summed E-state index contributed by atoms with van der Waals surface area (Å²) in [5.41, 5.74) is 6.02. The number of benzene rings is 3. The quantitative estimate of drug-likeness (QED) is 0.292. The Labute approximate surface area is 210 Å². The first kappa shape index (κ1) is 24.4. The molecule has 0 saturated carbocycles. The Bertz CT molecular complexity index is 1290. The highest BCUT2D eigenvalue weighted by Crippen LogP contribution is 2.36. The molecule has 0 aromatic heterocycles. The van der Waals surface area contributed by atoms with Crippen molar-refractivity contribution in [2.24, 2.45) is 4.99 Å². The summed E-state index contributed by atoms with van der Waals surface area (Å²) in [7, 11) is 1.62. The number of methoxy groups -OCH3 is 1. The zero-order valence-electron chi connectivity index (χ0n) is 20.1. The van der Waals surface area contributed by atoms with E-state index in [2.05, 4.69) is 48.1 Å². The Kier molecular flexibility index (Phi) is 7.73. The van der Waals surface area contributed by atoms with Gasteiger partial charge in [-0.3, -0.25) is 4.79 Å². The van der Waals surface area contributed by atoms with Crippen LogP contribution in [0.1, 0.15) is 27.8 Å². The maximum absolute atomic E-state index is 12.6. The number of aryl methyl sites for hydroxylation is 2. The van der Waals surface area contributed by atoms with Gasteiger partial charge in [0.05, 0.1) is 17.7 Å². The number of ether oxygens (including phenoxy) is 2. The highest BCUT2D eigenvalue weighted by Gasteiger charge is 2.24. The van der Waals surface area contributed by atoms with Gasteiger partial charge in [0.2, 0.25) is 0 Å². The number of nitrogens with zero attached hydrogens (tertiary/aromatic N) is 1. The van der Waals surface area contributed by atoms with Gasteiger partial charge in [-0.1, -0.05) is 53.6 Å². The molecule has 0 spiro atoms. The van der Waals surface area contributed by atoms with E-state index in [0.717, 1.165) is 27.9 Å². The van der Waals surface area contributed by atoms with Crippen LogP contribution in [0.25, 0.3) is 6.08 Å². The number of hydrogen-bond donors (Lipinski definition) is 1. The van der Waals surface area contributed by atoms with Crippen molar-refractivity contribution in [3.8, 4) is 11.5 Å². The van der Waals surface area contributed by atoms with Crippen molar-refractivity contribution in [1.29, 1.82) is 0 Å². The summed E-state index contributed by atoms with van der Waals surface area (Å²) in [5.74, 6) is 1.12. The maximum Gasteiger partial charge on any atom is 0.264 e. The largest absolute Gasteiger partial charge is 0.493 e. The van der Waals surface area contributed by atoms with Gasteiger partial charge in [-0.15, -0.1) is 6.58 Å². The van der Waals surface area contributed by atoms with Gasteiger partial charge < -0.3 is 14.8 Å². The molecule has 1 aliphatic heterocycles. The molecule has 1 aliphatic rings. The first-order valence-corrected chi connectivity index (χ1v) is 12.1. The zero-order chi connectivity index (χ0) is 24.8. The Morgan fingerprint density at radius 1 is 1.03 bits per heavy atom. The number of amidine groups is 1. The number of aliphatic imine (C=N–C) groups is 1. The van der Waals surface area contributed by atoms with Gasteiger partial charge in [0.25, 0.3) is 5.91 Å². The maximum atomic E-state index is 12.6. The van der Waals surface area contributed by atoms with Crippen LogP contribution >= 0.6 is 11.8 Å². The third-order valence-corrected chi connectivity index (χ3v) is 6.37. The molecule has 0 radical (unpaired) electrons. The van der Waals surface area contributed by atoms with Gasteiger partial charge in [-0.2, -0.15) is 0 Å². The van der Waals surface area contributed by atoms with Gasteiger partial charge in [-0.05, 0) is 73.5 Å². The number of carbonyl (C=O) groups excluding carboxylic acids is 1. The highest BCUT2D eigenvalue weighted by molar-refractivity contribution is 8.18. The van der Waals surface area contributed by atoms with E-state index in [9.17, 15) is 4.79 Å². The molecule has 1 saturated heterocycles. The van der Waals surface area contributed by atoms with E-state index in [1.165, 1.54) is 17.3 Å². The van der Waals surface area contributed by atoms with E-state index >= 15 is 0 Å². The average Bonchev–Trinajstić information content (AvgIpc) is 3.19. The lowest BCUT2D eigenvalue weighted by molar-refractivity contribution is -0.115. The number of thioether (sulfide) groups is 1. The van der Waals surface area contributed by atoms with E-state index in [1.807, 2.05) is 55.5 Å². The molecule has 4 rings (SSSR count). The van der Waals surface area contributed by atoms with Crippen molar-refractivity contribution in [1.82, 2.24) is 5.32 Å². The smallest absolute Gasteiger partial charge is 0.264 e. The Hall–Kier alpha value is -3.77. The van der Waals surface area contributed by atoms with Crippen LogP contribution < -0.4 is 14.8 Å². The molecule has 1 amide bonds. The minimum absolute atomic E-state index is 0.176. The number of carbonyl (C=O) groups is 1. The second-order valence-electron chi connectivity index (χ2n) is 8.30. The normalized spacial score (nSPS) is 15.3. The Morgan fingerprint density at radius 2 is 1.71 bits per heavy atom. The summed E-state index contributed by atoms with van der Waals surface area (Å²) in [6.07, 6.45) is 4.28. The van der Waals surface area contributed by atoms with Gasteiger partial charge in [0.1, 0.15) is 6.61 Å². The highest BCUT2D eigenvalue weighted by atomic mass is 32.2. The summed E-state index contributed by atoms with van der Waals surface area (Å²) in [4.78, 5) is 17.7. The van der Waals surface area contributed by atoms with E-state index < -0.39 is 0 Å². The number of amides is 1. The van der Waals surface area contributed by atoms with Gasteiger partial charge >= 0.3 is 0 Å². The van der Waals surface area contributed by atoms with Gasteiger partial charge in [0.15, 0.2) is 16.7 Å². The van der Waals surface area contributed by atoms with E-state index in [1.54, 1.807) is 7.11 Å². The summed E-state index contributed by atoms with van der Waals surface area (Å²) < 4.78 is 11.8. The second-order valence-corrected chi connectivity index (χ2v) is 9.33. The minimum Gasteiger partial charge on any atom is -0.493 e. The summed E-state index contributed by atoms with van der Waals surface area (Å²) in [6, 6.07) is 20.0. The predicted octanol–water partition coefficient (Wildman–Crippen LogP) is 6.51. The number of allylic oxidation sites excluding steroid dienone is 1. The Balaban J connectivity index is 1.58. The predicted molar refractivity (Wildman–Crippen MR) is 144 cm³/mol. The molecular formula is C29H28N2O3S. The van der Waals surface area contributed by atoms with E-state index in [4.69, 9.17) is 9.47 Å². The second kappa shape index (κ2) is 11.1. The molecule has 0 unspecified atom stereocenters. The molecule has 0 aliphatic carbocycles. The van der Waals surface area contributed by atoms with Crippen molar-refractivity contribution < 1.29 is 14.3 Å². The van der Waals surface area contributed by atoms with Crippen molar-refractivity contribution in [2.45, 2.75) is 26.9 Å². The molecule has 0 bridgehead atoms. The lowest BCUT2D eigenvalue weighted by Crippen LogP contribution is -2.19. The lowest BCUT2D eigenvalue weighted by Gasteiger charge is -2.16. The first-order chi connectivity index (χ1) is 16.9. The molecular weight excluding hydrogens is 456 g/mol. The van der Waals surface area contributed by atoms with Crippen molar-refractivity contribution in [2.75, 3.05) is 7.11 Å². The lowest BCUT2D eigenvalue weighted by atomic mass is 10.0. The summed E-state index contributed by atoms with van der Waals surface area (Å²) >= 11 is 1.32. The molecule has 35 heavy (non-hydrogen) atoms. The van der Waals surface area contributed by atoms with Crippen LogP contribution in [0.15, 0.2) is 83.2 Å². The molecule has 5 nitrogen and oxygen atoms in total. The van der Waals surface area contributed by atoms with Crippen LogP contribution in [0.4, 0.5) is 5.69 Å². The molecule has 1 heterocycles. The fourth-order valence-corrected chi connectivity index (χ4v) is 4.44. The van der Waals surface area contributed by atoms with Crippen molar-refractivity contribution >= 4 is 34.6 Å². The van der Waals surface area contributed by atoms with Crippen LogP contribution in [0.5, 0.6) is 11.5 Å².